The van der Waals surface area contributed by atoms with Gasteiger partial charge in [0.05, 0.1) is 85.5 Å². The summed E-state index contributed by atoms with van der Waals surface area (Å²) >= 11 is 0. The van der Waals surface area contributed by atoms with Crippen molar-refractivity contribution < 1.29 is 13.2 Å². The van der Waals surface area contributed by atoms with Gasteiger partial charge >= 0.3 is 6.18 Å². The minimum Gasteiger partial charge on any atom is -0.307 e. The lowest BCUT2D eigenvalue weighted by Crippen LogP contribution is -2.10. The molecule has 9 heteroatoms. The van der Waals surface area contributed by atoms with Gasteiger partial charge in [-0.05, 0) is 101 Å². The maximum atomic E-state index is 14.9. The highest BCUT2D eigenvalue weighted by Gasteiger charge is 2.35. The molecular formula is C53H27F3N6. The van der Waals surface area contributed by atoms with E-state index in [9.17, 15) is 34.2 Å². The van der Waals surface area contributed by atoms with Crippen LogP contribution < -0.4 is 0 Å². The second-order valence-electron chi connectivity index (χ2n) is 14.9. The van der Waals surface area contributed by atoms with Crippen LogP contribution in [0.2, 0.25) is 0 Å². The van der Waals surface area contributed by atoms with Crippen molar-refractivity contribution in [2.45, 2.75) is 6.18 Å². The molecule has 2 heterocycles. The fourth-order valence-electron chi connectivity index (χ4n) is 8.80. The number of hydrogen-bond acceptors (Lipinski definition) is 4. The summed E-state index contributed by atoms with van der Waals surface area (Å²) in [5.74, 6) is 0. The molecule has 0 aliphatic rings. The Hall–Kier alpha value is -8.89. The minimum atomic E-state index is -4.84. The quantitative estimate of drug-likeness (QED) is 0.173. The number of hydrogen-bond donors (Lipinski definition) is 0. The first-order chi connectivity index (χ1) is 30.2. The van der Waals surface area contributed by atoms with E-state index in [4.69, 9.17) is 0 Å². The lowest BCUT2D eigenvalue weighted by molar-refractivity contribution is -0.137. The Labute approximate surface area is 352 Å². The van der Waals surface area contributed by atoms with Crippen LogP contribution in [0.3, 0.4) is 0 Å². The highest BCUT2D eigenvalue weighted by atomic mass is 19.4. The SMILES string of the molecule is N#Cc1ccc(-c2cc(-n3c4ccccc4c4cc(-c5ccccc5C#N)ccc43)c(-n3c4ccccc4c4cc(-c5ccccc5C#N)ccc43)cc2C#N)c(C(F)(F)F)c1. The average molecular weight is 805 g/mol. The number of nitrogens with zero attached hydrogens (tertiary/aromatic N) is 6. The second kappa shape index (κ2) is 14.4. The maximum absolute atomic E-state index is 14.9. The highest BCUT2D eigenvalue weighted by molar-refractivity contribution is 6.13. The average Bonchev–Trinajstić information content (AvgIpc) is 3.82. The number of benzene rings is 8. The Bertz CT molecular complexity index is 3690. The molecule has 0 spiro atoms. The zero-order valence-corrected chi connectivity index (χ0v) is 32.4. The van der Waals surface area contributed by atoms with Crippen molar-refractivity contribution >= 4 is 43.6 Å². The first kappa shape index (κ1) is 37.4. The highest BCUT2D eigenvalue weighted by Crippen LogP contribution is 2.45. The zero-order chi connectivity index (χ0) is 42.7. The number of aromatic nitrogens is 2. The van der Waals surface area contributed by atoms with Gasteiger partial charge < -0.3 is 9.13 Å². The van der Waals surface area contributed by atoms with Gasteiger partial charge in [-0.15, -0.1) is 0 Å². The summed E-state index contributed by atoms with van der Waals surface area (Å²) < 4.78 is 48.8. The number of halogens is 3. The molecule has 62 heavy (non-hydrogen) atoms. The smallest absolute Gasteiger partial charge is 0.307 e. The molecule has 0 aliphatic heterocycles. The van der Waals surface area contributed by atoms with E-state index in [0.717, 1.165) is 71.9 Å². The van der Waals surface area contributed by atoms with Crippen LogP contribution in [0.5, 0.6) is 0 Å². The molecule has 0 saturated heterocycles. The number of para-hydroxylation sites is 2. The first-order valence-corrected chi connectivity index (χ1v) is 19.5. The largest absolute Gasteiger partial charge is 0.417 e. The number of nitriles is 4. The third-order valence-corrected chi connectivity index (χ3v) is 11.5. The molecule has 0 aliphatic carbocycles. The molecule has 0 amide bonds. The lowest BCUT2D eigenvalue weighted by atomic mass is 9.92. The summed E-state index contributed by atoms with van der Waals surface area (Å²) in [6, 6.07) is 57.5. The zero-order valence-electron chi connectivity index (χ0n) is 32.4. The van der Waals surface area contributed by atoms with E-state index in [1.165, 1.54) is 12.1 Å². The topological polar surface area (TPSA) is 105 Å². The molecule has 0 bridgehead atoms. The van der Waals surface area contributed by atoms with Gasteiger partial charge in [-0.1, -0.05) is 91.0 Å². The van der Waals surface area contributed by atoms with Crippen LogP contribution in [-0.4, -0.2) is 9.13 Å². The van der Waals surface area contributed by atoms with Crippen molar-refractivity contribution in [3.05, 3.63) is 192 Å². The summed E-state index contributed by atoms with van der Waals surface area (Å²) in [5.41, 5.74) is 6.95. The summed E-state index contributed by atoms with van der Waals surface area (Å²) in [6.45, 7) is 0. The number of rotatable bonds is 5. The first-order valence-electron chi connectivity index (χ1n) is 19.5. The van der Waals surface area contributed by atoms with E-state index in [1.807, 2.05) is 137 Å². The Kier molecular flexibility index (Phi) is 8.70. The van der Waals surface area contributed by atoms with Gasteiger partial charge in [-0.3, -0.25) is 0 Å². The van der Waals surface area contributed by atoms with Gasteiger partial charge in [0.1, 0.15) is 0 Å². The molecule has 10 aromatic rings. The Morgan fingerprint density at radius 1 is 0.371 bits per heavy atom. The molecule has 0 N–H and O–H groups in total. The summed E-state index contributed by atoms with van der Waals surface area (Å²) in [7, 11) is 0. The Morgan fingerprint density at radius 2 is 0.839 bits per heavy atom. The van der Waals surface area contributed by atoms with Crippen LogP contribution >= 0.6 is 0 Å². The van der Waals surface area contributed by atoms with E-state index in [-0.39, 0.29) is 22.3 Å². The van der Waals surface area contributed by atoms with Crippen LogP contribution in [0.15, 0.2) is 164 Å². The van der Waals surface area contributed by atoms with Crippen molar-refractivity contribution in [2.75, 3.05) is 0 Å². The van der Waals surface area contributed by atoms with Crippen LogP contribution in [0.4, 0.5) is 13.2 Å². The molecule has 8 aromatic carbocycles. The van der Waals surface area contributed by atoms with Gasteiger partial charge in [-0.25, -0.2) is 0 Å². The molecule has 2 aromatic heterocycles. The van der Waals surface area contributed by atoms with Crippen molar-refractivity contribution in [3.8, 4) is 69.0 Å². The summed E-state index contributed by atoms with van der Waals surface area (Å²) in [4.78, 5) is 0. The fourth-order valence-corrected chi connectivity index (χ4v) is 8.80. The molecule has 10 rings (SSSR count). The van der Waals surface area contributed by atoms with E-state index in [0.29, 0.717) is 22.5 Å². The van der Waals surface area contributed by atoms with E-state index in [1.54, 1.807) is 24.3 Å². The van der Waals surface area contributed by atoms with Crippen LogP contribution in [-0.2, 0) is 6.18 Å². The van der Waals surface area contributed by atoms with E-state index < -0.39 is 11.7 Å². The number of fused-ring (bicyclic) bond motifs is 6. The molecule has 0 radical (unpaired) electrons. The molecule has 0 saturated carbocycles. The predicted molar refractivity (Wildman–Crippen MR) is 235 cm³/mol. The Balaban J connectivity index is 1.34. The lowest BCUT2D eigenvalue weighted by Gasteiger charge is -2.21. The van der Waals surface area contributed by atoms with Gasteiger partial charge in [0.2, 0.25) is 0 Å². The van der Waals surface area contributed by atoms with E-state index >= 15 is 0 Å². The minimum absolute atomic E-state index is 0.000574. The van der Waals surface area contributed by atoms with Gasteiger partial charge in [0, 0.05) is 27.1 Å². The monoisotopic (exact) mass is 804 g/mol. The molecule has 0 unspecified atom stereocenters. The third-order valence-electron chi connectivity index (χ3n) is 11.5. The van der Waals surface area contributed by atoms with Gasteiger partial charge in [0.25, 0.3) is 0 Å². The number of alkyl halides is 3. The van der Waals surface area contributed by atoms with Crippen molar-refractivity contribution in [3.63, 3.8) is 0 Å². The van der Waals surface area contributed by atoms with Crippen LogP contribution in [0.1, 0.15) is 27.8 Å². The molecule has 0 fully saturated rings. The van der Waals surface area contributed by atoms with Crippen molar-refractivity contribution in [1.82, 2.24) is 9.13 Å². The molecule has 6 nitrogen and oxygen atoms in total. The maximum Gasteiger partial charge on any atom is 0.417 e. The normalized spacial score (nSPS) is 11.4. The summed E-state index contributed by atoms with van der Waals surface area (Å²) in [6.07, 6.45) is -4.84. The van der Waals surface area contributed by atoms with Gasteiger partial charge in [0.15, 0.2) is 0 Å². The van der Waals surface area contributed by atoms with Crippen LogP contribution in [0, 0.1) is 45.3 Å². The molecular weight excluding hydrogens is 778 g/mol. The van der Waals surface area contributed by atoms with Crippen molar-refractivity contribution in [1.29, 1.82) is 21.0 Å². The second-order valence-corrected chi connectivity index (χ2v) is 14.9. The van der Waals surface area contributed by atoms with Crippen LogP contribution in [0.25, 0.3) is 88.4 Å². The predicted octanol–water partition coefficient (Wildman–Crippen LogP) is 13.4. The fraction of sp³-hybridized carbons (Fsp3) is 0.0189. The van der Waals surface area contributed by atoms with E-state index in [2.05, 4.69) is 18.2 Å². The Morgan fingerprint density at radius 3 is 1.34 bits per heavy atom. The molecule has 0 atom stereocenters. The third kappa shape index (κ3) is 5.85. The van der Waals surface area contributed by atoms with Gasteiger partial charge in [-0.2, -0.15) is 34.2 Å². The van der Waals surface area contributed by atoms with Crippen molar-refractivity contribution in [2.24, 2.45) is 0 Å². The molecule has 290 valence electrons. The standard InChI is InChI=1S/C53H27F3N6/c54-53(55,56)46-23-32(28-57)17-20-40(46)43-27-52(62-48-16-8-6-14-42(48)45-25-34(19-22-50(45)62)39-12-4-2-10-36(39)30-59)51(26-37(43)31-60)61-47-15-7-5-13-41(47)44-24-33(18-21-49(44)61)38-11-3-1-9-35(38)29-58/h1-27H. The summed E-state index contributed by atoms with van der Waals surface area (Å²) in [5, 5.41) is 43.8.